The highest BCUT2D eigenvalue weighted by Gasteiger charge is 2.11. The van der Waals surface area contributed by atoms with Crippen LogP contribution in [0.15, 0.2) is 0 Å². The lowest BCUT2D eigenvalue weighted by Crippen LogP contribution is -2.27. The van der Waals surface area contributed by atoms with Crippen LogP contribution in [0.5, 0.6) is 0 Å². The summed E-state index contributed by atoms with van der Waals surface area (Å²) in [5.41, 5.74) is 0. The maximum absolute atomic E-state index is 3.72. The Morgan fingerprint density at radius 1 is 1.25 bits per heavy atom. The molecule has 1 aliphatic rings. The van der Waals surface area contributed by atoms with Gasteiger partial charge in [-0.25, -0.2) is 0 Å². The lowest BCUT2D eigenvalue weighted by atomic mass is 9.90. The zero-order valence-corrected chi connectivity index (χ0v) is 11.9. The van der Waals surface area contributed by atoms with Gasteiger partial charge in [-0.15, -0.1) is 0 Å². The first-order chi connectivity index (χ1) is 5.93. The minimum absolute atomic E-state index is 0.151. The lowest BCUT2D eigenvalue weighted by molar-refractivity contribution is 0.358. The molecule has 0 heterocycles. The van der Waals surface area contributed by atoms with Gasteiger partial charge in [0.1, 0.15) is 0 Å². The summed E-state index contributed by atoms with van der Waals surface area (Å²) in [6.45, 7) is 1.35. The topological polar surface area (TPSA) is 12.0 Å². The van der Waals surface area contributed by atoms with Gasteiger partial charge >= 0.3 is 0 Å². The molecule has 0 atom stereocenters. The average Bonchev–Trinajstić information content (AvgIpc) is 2.14. The number of nitrogens with one attached hydrogen (secondary N) is 1. The summed E-state index contributed by atoms with van der Waals surface area (Å²) in [6.07, 6.45) is 7.49. The van der Waals surface area contributed by atoms with Gasteiger partial charge in [-0.05, 0) is 25.3 Å². The Morgan fingerprint density at radius 2 is 2.00 bits per heavy atom. The maximum atomic E-state index is 3.72. The minimum Gasteiger partial charge on any atom is -0.342 e. The van der Waals surface area contributed by atoms with Gasteiger partial charge in [-0.2, -0.15) is 0 Å². The van der Waals surface area contributed by atoms with Crippen LogP contribution in [0.3, 0.4) is 0 Å². The van der Waals surface area contributed by atoms with Gasteiger partial charge < -0.3 is 4.98 Å². The van der Waals surface area contributed by atoms with E-state index < -0.39 is 0 Å². The van der Waals surface area contributed by atoms with Crippen molar-refractivity contribution in [1.82, 2.24) is 4.98 Å². The van der Waals surface area contributed by atoms with Crippen LogP contribution in [0.2, 0.25) is 12.1 Å². The first kappa shape index (κ1) is 10.5. The van der Waals surface area contributed by atoms with Gasteiger partial charge in [-0.3, -0.25) is 0 Å². The van der Waals surface area contributed by atoms with Crippen molar-refractivity contribution in [2.45, 2.75) is 44.2 Å². The van der Waals surface area contributed by atoms with E-state index in [1.807, 2.05) is 0 Å². The van der Waals surface area contributed by atoms with E-state index in [0.29, 0.717) is 0 Å². The van der Waals surface area contributed by atoms with Crippen molar-refractivity contribution >= 4 is 19.9 Å². The molecule has 0 spiro atoms. The molecule has 0 bridgehead atoms. The van der Waals surface area contributed by atoms with Crippen LogP contribution in [-0.4, -0.2) is 26.5 Å². The van der Waals surface area contributed by atoms with Crippen LogP contribution in [-0.2, 0) is 0 Å². The summed E-state index contributed by atoms with van der Waals surface area (Å²) in [5, 5.41) is 0. The molecular weight excluding hydrogens is 178 g/mol. The fourth-order valence-corrected chi connectivity index (χ4v) is 4.28. The molecule has 3 heteroatoms. The molecule has 1 aliphatic carbocycles. The lowest BCUT2D eigenvalue weighted by Gasteiger charge is -2.21. The van der Waals surface area contributed by atoms with Crippen molar-refractivity contribution < 1.29 is 0 Å². The van der Waals surface area contributed by atoms with Gasteiger partial charge in [-0.1, -0.05) is 31.4 Å². The molecule has 1 saturated carbocycles. The zero-order chi connectivity index (χ0) is 8.65. The Bertz CT molecular complexity index is 103. The molecule has 1 nitrogen and oxygen atoms in total. The highest BCUT2D eigenvalue weighted by atomic mass is 28.2. The van der Waals surface area contributed by atoms with E-state index in [0.717, 1.165) is 5.92 Å². The molecule has 0 aromatic carbocycles. The van der Waals surface area contributed by atoms with E-state index in [9.17, 15) is 0 Å². The van der Waals surface area contributed by atoms with Gasteiger partial charge in [0.2, 0.25) is 0 Å². The average molecular weight is 201 g/mol. The second-order valence-corrected chi connectivity index (χ2v) is 6.77. The molecule has 0 saturated heterocycles. The summed E-state index contributed by atoms with van der Waals surface area (Å²) in [7, 11) is 1.56. The molecule has 1 N–H and O–H groups in total. The van der Waals surface area contributed by atoms with Crippen LogP contribution in [0.4, 0.5) is 0 Å². The maximum Gasteiger partial charge on any atom is 0.0913 e. The molecular formula is C9H23NSi2. The monoisotopic (exact) mass is 201 g/mol. The molecule has 1 rings (SSSR count). The van der Waals surface area contributed by atoms with E-state index in [1.54, 1.807) is 6.04 Å². The van der Waals surface area contributed by atoms with Crippen molar-refractivity contribution in [1.29, 1.82) is 0 Å². The SMILES string of the molecule is [SiH3]CC[SiH2]NCC1CCCCC1. The largest absolute Gasteiger partial charge is 0.342 e. The third kappa shape index (κ3) is 4.43. The quantitative estimate of drug-likeness (QED) is 0.503. The van der Waals surface area contributed by atoms with Crippen molar-refractivity contribution in [3.63, 3.8) is 0 Å². The van der Waals surface area contributed by atoms with E-state index in [-0.39, 0.29) is 9.68 Å². The third-order valence-electron chi connectivity index (χ3n) is 2.86. The summed E-state index contributed by atoms with van der Waals surface area (Å²) in [4.78, 5) is 3.72. The van der Waals surface area contributed by atoms with Crippen LogP contribution in [0, 0.1) is 5.92 Å². The minimum atomic E-state index is 0.151. The fourth-order valence-electron chi connectivity index (χ4n) is 2.00. The molecule has 0 aliphatic heterocycles. The van der Waals surface area contributed by atoms with Gasteiger partial charge in [0.05, 0.1) is 9.68 Å². The highest BCUT2D eigenvalue weighted by molar-refractivity contribution is 6.34. The third-order valence-corrected chi connectivity index (χ3v) is 6.69. The fraction of sp³-hybridized carbons (Fsp3) is 1.00. The van der Waals surface area contributed by atoms with Crippen LogP contribution < -0.4 is 4.98 Å². The first-order valence-corrected chi connectivity index (χ1v) is 8.76. The van der Waals surface area contributed by atoms with Crippen LogP contribution in [0.1, 0.15) is 32.1 Å². The number of hydrogen-bond acceptors (Lipinski definition) is 1. The number of rotatable bonds is 5. The molecule has 0 aromatic rings. The van der Waals surface area contributed by atoms with Gasteiger partial charge in [0.15, 0.2) is 0 Å². The van der Waals surface area contributed by atoms with E-state index >= 15 is 0 Å². The molecule has 0 unspecified atom stereocenters. The molecule has 12 heavy (non-hydrogen) atoms. The van der Waals surface area contributed by atoms with E-state index in [4.69, 9.17) is 0 Å². The zero-order valence-electron chi connectivity index (χ0n) is 8.44. The molecule has 1 fully saturated rings. The van der Waals surface area contributed by atoms with Crippen LogP contribution in [0.25, 0.3) is 0 Å². The Labute approximate surface area is 82.0 Å². The Hall–Kier alpha value is 0.394. The van der Waals surface area contributed by atoms with Gasteiger partial charge in [0.25, 0.3) is 0 Å². The van der Waals surface area contributed by atoms with Crippen LogP contribution >= 0.6 is 0 Å². The standard InChI is InChI=1S/C9H23NSi2/c11-6-7-12-10-8-9-4-2-1-3-5-9/h9-10H,1-8,12H2,11H3. The molecule has 0 radical (unpaired) electrons. The van der Waals surface area contributed by atoms with Gasteiger partial charge in [0, 0.05) is 10.2 Å². The second-order valence-electron chi connectivity index (χ2n) is 4.06. The summed E-state index contributed by atoms with van der Waals surface area (Å²) in [6, 6.07) is 3.06. The Morgan fingerprint density at radius 3 is 2.67 bits per heavy atom. The van der Waals surface area contributed by atoms with Crippen molar-refractivity contribution in [2.24, 2.45) is 5.92 Å². The molecule has 72 valence electrons. The van der Waals surface area contributed by atoms with E-state index in [1.165, 1.54) is 54.9 Å². The predicted molar refractivity (Wildman–Crippen MR) is 62.7 cm³/mol. The summed E-state index contributed by atoms with van der Waals surface area (Å²) < 4.78 is 0. The highest BCUT2D eigenvalue weighted by Crippen LogP contribution is 2.22. The van der Waals surface area contributed by atoms with E-state index in [2.05, 4.69) is 4.98 Å². The normalized spacial score (nSPS) is 21.0. The Balaban J connectivity index is 1.91. The van der Waals surface area contributed by atoms with Crippen molar-refractivity contribution in [3.8, 4) is 0 Å². The Kier molecular flexibility index (Phi) is 5.99. The summed E-state index contributed by atoms with van der Waals surface area (Å²) >= 11 is 0. The van der Waals surface area contributed by atoms with Crippen molar-refractivity contribution in [3.05, 3.63) is 0 Å². The predicted octanol–water partition coefficient (Wildman–Crippen LogP) is 0.442. The number of hydrogen-bond donors (Lipinski definition) is 1. The first-order valence-electron chi connectivity index (χ1n) is 5.64. The second kappa shape index (κ2) is 6.86. The van der Waals surface area contributed by atoms with Crippen molar-refractivity contribution in [2.75, 3.05) is 6.54 Å². The summed E-state index contributed by atoms with van der Waals surface area (Å²) in [5.74, 6) is 1.04. The molecule has 0 aromatic heterocycles. The molecule has 0 amide bonds. The smallest absolute Gasteiger partial charge is 0.0913 e.